The molecule has 3 rings (SSSR count). The van der Waals surface area contributed by atoms with Crippen LogP contribution < -0.4 is 0 Å². The fraction of sp³-hybridized carbons (Fsp3) is 0.294. The first-order valence-corrected chi connectivity index (χ1v) is 8.61. The van der Waals surface area contributed by atoms with Crippen LogP contribution in [0.25, 0.3) is 0 Å². The van der Waals surface area contributed by atoms with E-state index < -0.39 is 18.5 Å². The van der Waals surface area contributed by atoms with E-state index in [1.165, 1.54) is 14.2 Å². The van der Waals surface area contributed by atoms with Gasteiger partial charge in [-0.05, 0) is 18.1 Å². The molecule has 2 aromatic rings. The second-order valence-corrected chi connectivity index (χ2v) is 7.73. The van der Waals surface area contributed by atoms with Gasteiger partial charge in [0.25, 0.3) is 0 Å². The lowest BCUT2D eigenvalue weighted by atomic mass is 9.93. The first-order valence-electron chi connectivity index (χ1n) is 7.07. The number of hydrogen-bond donors (Lipinski definition) is 0. The highest BCUT2D eigenvalue weighted by atomic mass is 31.2. The fourth-order valence-electron chi connectivity index (χ4n) is 3.09. The smallest absolute Gasteiger partial charge is 0.340 e. The molecule has 0 aliphatic carbocycles. The van der Waals surface area contributed by atoms with Crippen molar-refractivity contribution >= 4 is 7.60 Å². The highest BCUT2D eigenvalue weighted by Gasteiger charge is 2.79. The first-order chi connectivity index (χ1) is 10.5. The quantitative estimate of drug-likeness (QED) is 0.610. The SMILES string of the molecule is COP(=O)(OC)[C@@]1(c2ccccc2)O[C@@]1(C)c1ccccc1. The van der Waals surface area contributed by atoms with Crippen LogP contribution in [0.1, 0.15) is 18.1 Å². The van der Waals surface area contributed by atoms with Crippen LogP contribution in [0.2, 0.25) is 0 Å². The summed E-state index contributed by atoms with van der Waals surface area (Å²) in [6, 6.07) is 19.2. The summed E-state index contributed by atoms with van der Waals surface area (Å²) >= 11 is 0. The minimum Gasteiger partial charge on any atom is -0.340 e. The van der Waals surface area contributed by atoms with Gasteiger partial charge < -0.3 is 13.8 Å². The highest BCUT2D eigenvalue weighted by Crippen LogP contribution is 2.81. The lowest BCUT2D eigenvalue weighted by Gasteiger charge is -2.24. The van der Waals surface area contributed by atoms with E-state index in [1.54, 1.807) is 0 Å². The molecule has 4 nitrogen and oxygen atoms in total. The predicted molar refractivity (Wildman–Crippen MR) is 84.6 cm³/mol. The lowest BCUT2D eigenvalue weighted by molar-refractivity contribution is 0.226. The van der Waals surface area contributed by atoms with Gasteiger partial charge in [0.2, 0.25) is 5.34 Å². The molecular formula is C17H19O4P. The Morgan fingerprint density at radius 3 is 1.77 bits per heavy atom. The van der Waals surface area contributed by atoms with Gasteiger partial charge in [-0.15, -0.1) is 0 Å². The number of ether oxygens (including phenoxy) is 1. The van der Waals surface area contributed by atoms with Gasteiger partial charge in [-0.25, -0.2) is 0 Å². The third-order valence-corrected chi connectivity index (χ3v) is 6.82. The number of hydrogen-bond acceptors (Lipinski definition) is 4. The Morgan fingerprint density at radius 2 is 1.32 bits per heavy atom. The summed E-state index contributed by atoms with van der Waals surface area (Å²) in [5, 5.41) is -1.13. The maximum Gasteiger partial charge on any atom is 0.369 e. The van der Waals surface area contributed by atoms with Crippen molar-refractivity contribution in [1.29, 1.82) is 0 Å². The van der Waals surface area contributed by atoms with Gasteiger partial charge in [0, 0.05) is 14.2 Å². The molecule has 116 valence electrons. The molecule has 2 aromatic carbocycles. The minimum atomic E-state index is -3.50. The van der Waals surface area contributed by atoms with Crippen molar-refractivity contribution in [2.75, 3.05) is 14.2 Å². The van der Waals surface area contributed by atoms with Crippen molar-refractivity contribution in [3.63, 3.8) is 0 Å². The summed E-state index contributed by atoms with van der Waals surface area (Å²) in [4.78, 5) is 0. The van der Waals surface area contributed by atoms with E-state index in [9.17, 15) is 4.57 Å². The molecule has 0 radical (unpaired) electrons. The number of benzene rings is 2. The topological polar surface area (TPSA) is 48.1 Å². The normalized spacial score (nSPS) is 27.6. The van der Waals surface area contributed by atoms with E-state index in [4.69, 9.17) is 13.8 Å². The Kier molecular flexibility index (Phi) is 3.74. The largest absolute Gasteiger partial charge is 0.369 e. The van der Waals surface area contributed by atoms with E-state index in [-0.39, 0.29) is 0 Å². The van der Waals surface area contributed by atoms with Crippen LogP contribution in [0.3, 0.4) is 0 Å². The number of epoxide rings is 1. The van der Waals surface area contributed by atoms with Gasteiger partial charge in [0.15, 0.2) is 0 Å². The molecular weight excluding hydrogens is 299 g/mol. The van der Waals surface area contributed by atoms with Crippen LogP contribution in [0, 0.1) is 0 Å². The van der Waals surface area contributed by atoms with Crippen molar-refractivity contribution in [2.24, 2.45) is 0 Å². The second-order valence-electron chi connectivity index (χ2n) is 5.37. The highest BCUT2D eigenvalue weighted by molar-refractivity contribution is 7.55. The summed E-state index contributed by atoms with van der Waals surface area (Å²) in [6.07, 6.45) is 0. The minimum absolute atomic E-state index is 0.767. The summed E-state index contributed by atoms with van der Waals surface area (Å²) in [7, 11) is -0.722. The Morgan fingerprint density at radius 1 is 0.864 bits per heavy atom. The monoisotopic (exact) mass is 318 g/mol. The average molecular weight is 318 g/mol. The van der Waals surface area contributed by atoms with E-state index >= 15 is 0 Å². The Balaban J connectivity index is 2.19. The van der Waals surface area contributed by atoms with Crippen molar-refractivity contribution in [3.05, 3.63) is 71.8 Å². The maximum absolute atomic E-state index is 13.3. The molecule has 0 aromatic heterocycles. The molecule has 2 atom stereocenters. The molecule has 0 N–H and O–H groups in total. The summed E-state index contributed by atoms with van der Waals surface area (Å²) in [6.45, 7) is 1.92. The first kappa shape index (κ1) is 15.4. The van der Waals surface area contributed by atoms with E-state index in [0.717, 1.165) is 11.1 Å². The molecule has 1 saturated heterocycles. The van der Waals surface area contributed by atoms with Gasteiger partial charge in [0.1, 0.15) is 5.60 Å². The molecule has 0 saturated carbocycles. The number of rotatable bonds is 5. The van der Waals surface area contributed by atoms with E-state index in [0.29, 0.717) is 0 Å². The molecule has 0 unspecified atom stereocenters. The third-order valence-electron chi connectivity index (χ3n) is 4.31. The Hall–Kier alpha value is -1.45. The van der Waals surface area contributed by atoms with Crippen molar-refractivity contribution in [2.45, 2.75) is 17.9 Å². The molecule has 1 heterocycles. The zero-order valence-corrected chi connectivity index (χ0v) is 13.7. The standard InChI is InChI=1S/C17H19O4P/c1-16(14-10-6-4-7-11-14)17(21-16,22(18,19-2)20-3)15-12-8-5-9-13-15/h4-13H,1-3H3/t16-,17+/m0/s1. The average Bonchev–Trinajstić information content (AvgIpc) is 3.25. The molecule has 22 heavy (non-hydrogen) atoms. The van der Waals surface area contributed by atoms with Crippen LogP contribution in [-0.4, -0.2) is 14.2 Å². The van der Waals surface area contributed by atoms with Crippen LogP contribution in [0.15, 0.2) is 60.7 Å². The van der Waals surface area contributed by atoms with E-state index in [2.05, 4.69) is 0 Å². The summed E-state index contributed by atoms with van der Waals surface area (Å²) in [5.41, 5.74) is 0.957. The maximum atomic E-state index is 13.3. The van der Waals surface area contributed by atoms with Crippen molar-refractivity contribution in [1.82, 2.24) is 0 Å². The van der Waals surface area contributed by atoms with E-state index in [1.807, 2.05) is 67.6 Å². The van der Waals surface area contributed by atoms with Crippen LogP contribution in [0.5, 0.6) is 0 Å². The molecule has 0 spiro atoms. The molecule has 5 heteroatoms. The van der Waals surface area contributed by atoms with Crippen molar-refractivity contribution < 1.29 is 18.3 Å². The molecule has 1 aliphatic heterocycles. The zero-order chi connectivity index (χ0) is 15.8. The predicted octanol–water partition coefficient (Wildman–Crippen LogP) is 4.27. The van der Waals surface area contributed by atoms with Gasteiger partial charge in [-0.2, -0.15) is 0 Å². The van der Waals surface area contributed by atoms with Gasteiger partial charge in [0.05, 0.1) is 0 Å². The third kappa shape index (κ3) is 1.92. The molecule has 1 fully saturated rings. The molecule has 0 bridgehead atoms. The Bertz CT molecular complexity index is 695. The van der Waals surface area contributed by atoms with Crippen molar-refractivity contribution in [3.8, 4) is 0 Å². The molecule has 0 amide bonds. The van der Waals surface area contributed by atoms with Crippen LogP contribution in [-0.2, 0) is 29.3 Å². The summed E-state index contributed by atoms with van der Waals surface area (Å²) < 4.78 is 29.9. The van der Waals surface area contributed by atoms with Gasteiger partial charge in [-0.3, -0.25) is 4.57 Å². The second kappa shape index (κ2) is 5.32. The lowest BCUT2D eigenvalue weighted by Crippen LogP contribution is -2.22. The van der Waals surface area contributed by atoms with Gasteiger partial charge >= 0.3 is 7.60 Å². The summed E-state index contributed by atoms with van der Waals surface area (Å²) in [5.74, 6) is 0. The van der Waals surface area contributed by atoms with Crippen LogP contribution >= 0.6 is 7.60 Å². The van der Waals surface area contributed by atoms with Gasteiger partial charge in [-0.1, -0.05) is 60.7 Å². The zero-order valence-electron chi connectivity index (χ0n) is 12.9. The van der Waals surface area contributed by atoms with Crippen LogP contribution in [0.4, 0.5) is 0 Å². The Labute approximate surface area is 130 Å². The fourth-order valence-corrected chi connectivity index (χ4v) is 5.16. The molecule has 1 aliphatic rings.